The molecule has 1 aromatic heterocycles. The first kappa shape index (κ1) is 13.9. The number of likely N-dealkylation sites (tertiary alicyclic amines) is 1. The molecule has 1 aliphatic rings. The van der Waals surface area contributed by atoms with Gasteiger partial charge in [-0.1, -0.05) is 0 Å². The average Bonchev–Trinajstić information content (AvgIpc) is 2.45. The zero-order chi connectivity index (χ0) is 13.7. The van der Waals surface area contributed by atoms with Crippen LogP contribution in [0.4, 0.5) is 0 Å². The van der Waals surface area contributed by atoms with Crippen molar-refractivity contribution in [2.24, 2.45) is 5.92 Å². The molecule has 1 fully saturated rings. The van der Waals surface area contributed by atoms with Crippen molar-refractivity contribution in [2.75, 3.05) is 26.7 Å². The van der Waals surface area contributed by atoms with Gasteiger partial charge in [0.25, 0.3) is 5.91 Å². The zero-order valence-electron chi connectivity index (χ0n) is 11.7. The summed E-state index contributed by atoms with van der Waals surface area (Å²) in [6.45, 7) is 4.61. The summed E-state index contributed by atoms with van der Waals surface area (Å²) in [5.74, 6) is 0.815. The lowest BCUT2D eigenvalue weighted by Crippen LogP contribution is -2.39. The minimum atomic E-state index is 0.0742. The Bertz CT molecular complexity index is 427. The summed E-state index contributed by atoms with van der Waals surface area (Å²) in [4.78, 5) is 22.3. The zero-order valence-corrected chi connectivity index (χ0v) is 11.7. The maximum atomic E-state index is 12.4. The third kappa shape index (κ3) is 3.50. The van der Waals surface area contributed by atoms with Gasteiger partial charge in [0, 0.05) is 19.3 Å². The average molecular weight is 262 g/mol. The minimum absolute atomic E-state index is 0.0742. The Morgan fingerprint density at radius 3 is 2.84 bits per heavy atom. The standard InChI is InChI=1S/C14H22N4O/c1-11-13(9-16-10-17-11)14(19)18-7-4-12(5-8-18)3-6-15-2/h9-10,12,15H,3-8H2,1-2H3. The Hall–Kier alpha value is -1.49. The van der Waals surface area contributed by atoms with E-state index in [1.54, 1.807) is 6.20 Å². The first-order chi connectivity index (χ1) is 9.22. The molecule has 1 amide bonds. The molecule has 5 heteroatoms. The van der Waals surface area contributed by atoms with Crippen LogP contribution in [0.1, 0.15) is 35.3 Å². The number of piperidine rings is 1. The molecular weight excluding hydrogens is 240 g/mol. The number of aryl methyl sites for hydroxylation is 1. The van der Waals surface area contributed by atoms with Crippen molar-refractivity contribution in [1.82, 2.24) is 20.2 Å². The molecule has 0 aliphatic carbocycles. The van der Waals surface area contributed by atoms with Gasteiger partial charge in [0.15, 0.2) is 0 Å². The topological polar surface area (TPSA) is 58.1 Å². The fraction of sp³-hybridized carbons (Fsp3) is 0.643. The number of hydrogen-bond donors (Lipinski definition) is 1. The van der Waals surface area contributed by atoms with Gasteiger partial charge in [-0.2, -0.15) is 0 Å². The van der Waals surface area contributed by atoms with E-state index in [2.05, 4.69) is 15.3 Å². The monoisotopic (exact) mass is 262 g/mol. The van der Waals surface area contributed by atoms with E-state index >= 15 is 0 Å². The van der Waals surface area contributed by atoms with Crippen LogP contribution in [0.15, 0.2) is 12.5 Å². The Labute approximate surface area is 114 Å². The van der Waals surface area contributed by atoms with Gasteiger partial charge in [-0.05, 0) is 45.7 Å². The molecule has 0 unspecified atom stereocenters. The molecule has 0 bridgehead atoms. The number of amides is 1. The van der Waals surface area contributed by atoms with Gasteiger partial charge >= 0.3 is 0 Å². The van der Waals surface area contributed by atoms with Crippen molar-refractivity contribution in [1.29, 1.82) is 0 Å². The lowest BCUT2D eigenvalue weighted by atomic mass is 9.93. The highest BCUT2D eigenvalue weighted by Crippen LogP contribution is 2.21. The number of carbonyl (C=O) groups is 1. The number of rotatable bonds is 4. The highest BCUT2D eigenvalue weighted by molar-refractivity contribution is 5.94. The van der Waals surface area contributed by atoms with Crippen LogP contribution in [-0.2, 0) is 0 Å². The van der Waals surface area contributed by atoms with Crippen molar-refractivity contribution < 1.29 is 4.79 Å². The van der Waals surface area contributed by atoms with E-state index in [0.29, 0.717) is 5.56 Å². The van der Waals surface area contributed by atoms with E-state index in [1.807, 2.05) is 18.9 Å². The van der Waals surface area contributed by atoms with Crippen molar-refractivity contribution in [3.05, 3.63) is 23.8 Å². The molecule has 0 spiro atoms. The van der Waals surface area contributed by atoms with Crippen LogP contribution in [-0.4, -0.2) is 47.5 Å². The first-order valence-corrected chi connectivity index (χ1v) is 6.93. The van der Waals surface area contributed by atoms with Crippen molar-refractivity contribution >= 4 is 5.91 Å². The molecule has 1 saturated heterocycles. The van der Waals surface area contributed by atoms with Crippen molar-refractivity contribution in [3.8, 4) is 0 Å². The second kappa shape index (κ2) is 6.61. The minimum Gasteiger partial charge on any atom is -0.339 e. The fourth-order valence-electron chi connectivity index (χ4n) is 2.54. The molecular formula is C14H22N4O. The van der Waals surface area contributed by atoms with Gasteiger partial charge in [-0.25, -0.2) is 9.97 Å². The molecule has 19 heavy (non-hydrogen) atoms. The Morgan fingerprint density at radius 1 is 1.47 bits per heavy atom. The van der Waals surface area contributed by atoms with E-state index in [1.165, 1.54) is 12.7 Å². The van der Waals surface area contributed by atoms with Crippen molar-refractivity contribution in [2.45, 2.75) is 26.2 Å². The molecule has 0 atom stereocenters. The van der Waals surface area contributed by atoms with E-state index in [-0.39, 0.29) is 5.91 Å². The molecule has 5 nitrogen and oxygen atoms in total. The lowest BCUT2D eigenvalue weighted by molar-refractivity contribution is 0.0685. The number of aromatic nitrogens is 2. The molecule has 2 rings (SSSR count). The molecule has 1 aromatic rings. The van der Waals surface area contributed by atoms with Gasteiger partial charge < -0.3 is 10.2 Å². The van der Waals surface area contributed by atoms with Gasteiger partial charge in [0.2, 0.25) is 0 Å². The van der Waals surface area contributed by atoms with Gasteiger partial charge in [0.05, 0.1) is 11.3 Å². The van der Waals surface area contributed by atoms with Crippen LogP contribution in [0.25, 0.3) is 0 Å². The van der Waals surface area contributed by atoms with Crippen LogP contribution in [0.2, 0.25) is 0 Å². The Morgan fingerprint density at radius 2 is 2.21 bits per heavy atom. The first-order valence-electron chi connectivity index (χ1n) is 6.93. The SMILES string of the molecule is CNCCC1CCN(C(=O)c2cncnc2C)CC1. The summed E-state index contributed by atoms with van der Waals surface area (Å²) < 4.78 is 0. The molecule has 1 aliphatic heterocycles. The molecule has 0 saturated carbocycles. The smallest absolute Gasteiger partial charge is 0.257 e. The number of nitrogens with zero attached hydrogens (tertiary/aromatic N) is 3. The summed E-state index contributed by atoms with van der Waals surface area (Å²) in [7, 11) is 1.98. The summed E-state index contributed by atoms with van der Waals surface area (Å²) in [5.41, 5.74) is 1.40. The van der Waals surface area contributed by atoms with Crippen LogP contribution < -0.4 is 5.32 Å². The second-order valence-electron chi connectivity index (χ2n) is 5.15. The predicted molar refractivity (Wildman–Crippen MR) is 73.9 cm³/mol. The van der Waals surface area contributed by atoms with Crippen LogP contribution in [0.5, 0.6) is 0 Å². The summed E-state index contributed by atoms with van der Waals surface area (Å²) in [5, 5.41) is 3.19. The second-order valence-corrected chi connectivity index (χ2v) is 5.15. The fourth-order valence-corrected chi connectivity index (χ4v) is 2.54. The van der Waals surface area contributed by atoms with Gasteiger partial charge in [-0.3, -0.25) is 4.79 Å². The van der Waals surface area contributed by atoms with Crippen LogP contribution >= 0.6 is 0 Å². The predicted octanol–water partition coefficient (Wildman–Crippen LogP) is 1.25. The molecule has 0 radical (unpaired) electrons. The van der Waals surface area contributed by atoms with E-state index < -0.39 is 0 Å². The third-order valence-electron chi connectivity index (χ3n) is 3.85. The molecule has 2 heterocycles. The van der Waals surface area contributed by atoms with Crippen LogP contribution in [0, 0.1) is 12.8 Å². The number of hydrogen-bond acceptors (Lipinski definition) is 4. The maximum absolute atomic E-state index is 12.4. The summed E-state index contributed by atoms with van der Waals surface area (Å²) in [6, 6.07) is 0. The Balaban J connectivity index is 1.91. The largest absolute Gasteiger partial charge is 0.339 e. The highest BCUT2D eigenvalue weighted by atomic mass is 16.2. The Kier molecular flexibility index (Phi) is 4.85. The highest BCUT2D eigenvalue weighted by Gasteiger charge is 2.24. The van der Waals surface area contributed by atoms with Crippen molar-refractivity contribution in [3.63, 3.8) is 0 Å². The lowest BCUT2D eigenvalue weighted by Gasteiger charge is -2.32. The normalized spacial score (nSPS) is 16.6. The van der Waals surface area contributed by atoms with Gasteiger partial charge in [0.1, 0.15) is 6.33 Å². The van der Waals surface area contributed by atoms with Crippen LogP contribution in [0.3, 0.4) is 0 Å². The molecule has 1 N–H and O–H groups in total. The van der Waals surface area contributed by atoms with E-state index in [9.17, 15) is 4.79 Å². The maximum Gasteiger partial charge on any atom is 0.257 e. The quantitative estimate of drug-likeness (QED) is 0.887. The molecule has 0 aromatic carbocycles. The van der Waals surface area contributed by atoms with Gasteiger partial charge in [-0.15, -0.1) is 0 Å². The summed E-state index contributed by atoms with van der Waals surface area (Å²) >= 11 is 0. The van der Waals surface area contributed by atoms with E-state index in [0.717, 1.165) is 44.1 Å². The number of nitrogens with one attached hydrogen (secondary N) is 1. The van der Waals surface area contributed by atoms with E-state index in [4.69, 9.17) is 0 Å². The molecule has 104 valence electrons. The summed E-state index contributed by atoms with van der Waals surface area (Å²) in [6.07, 6.45) is 6.50. The number of carbonyl (C=O) groups excluding carboxylic acids is 1. The third-order valence-corrected chi connectivity index (χ3v) is 3.85.